The fraction of sp³-hybridized carbons (Fsp3) is 0.429. The summed E-state index contributed by atoms with van der Waals surface area (Å²) >= 11 is 6.18. The van der Waals surface area contributed by atoms with E-state index in [4.69, 9.17) is 21.4 Å². The Hall–Kier alpha value is -1.75. The van der Waals surface area contributed by atoms with Crippen molar-refractivity contribution in [2.24, 2.45) is 0 Å². The van der Waals surface area contributed by atoms with E-state index in [2.05, 4.69) is 0 Å². The number of Topliss-reactive ketones (excluding diaryl/α,β-unsaturated/α-hetero) is 1. The second kappa shape index (κ2) is 5.32. The first-order valence-electron chi connectivity index (χ1n) is 6.22. The first-order chi connectivity index (χ1) is 9.36. The molecule has 0 atom stereocenters. The average Bonchev–Trinajstić information content (AvgIpc) is 2.31. The number of halogens is 1. The molecular formula is C14H16ClNO4. The Morgan fingerprint density at radius 2 is 2.05 bits per heavy atom. The molecular weight excluding hydrogens is 282 g/mol. The van der Waals surface area contributed by atoms with Crippen molar-refractivity contribution >= 4 is 23.5 Å². The summed E-state index contributed by atoms with van der Waals surface area (Å²) < 4.78 is 5.38. The van der Waals surface area contributed by atoms with Gasteiger partial charge in [0.05, 0.1) is 12.7 Å². The molecule has 5 nitrogen and oxygen atoms in total. The summed E-state index contributed by atoms with van der Waals surface area (Å²) in [6, 6.07) is 1.61. The summed E-state index contributed by atoms with van der Waals surface area (Å²) in [5.74, 6) is 0.395. The van der Waals surface area contributed by atoms with E-state index in [9.17, 15) is 9.59 Å². The van der Waals surface area contributed by atoms with Gasteiger partial charge in [-0.1, -0.05) is 11.6 Å². The molecule has 1 aromatic rings. The first-order valence-corrected chi connectivity index (χ1v) is 6.60. The van der Waals surface area contributed by atoms with Crippen molar-refractivity contribution in [2.45, 2.75) is 19.8 Å². The van der Waals surface area contributed by atoms with Crippen molar-refractivity contribution in [1.29, 1.82) is 0 Å². The van der Waals surface area contributed by atoms with Crippen LogP contribution in [0.15, 0.2) is 6.07 Å². The van der Waals surface area contributed by atoms with Gasteiger partial charge in [-0.05, 0) is 25.5 Å². The monoisotopic (exact) mass is 297 g/mol. The Morgan fingerprint density at radius 1 is 1.45 bits per heavy atom. The molecule has 2 rings (SSSR count). The average molecular weight is 298 g/mol. The normalized spacial score (nSPS) is 14.9. The number of rotatable bonds is 3. The highest BCUT2D eigenvalue weighted by atomic mass is 35.5. The molecule has 1 heterocycles. The first kappa shape index (κ1) is 14.7. The summed E-state index contributed by atoms with van der Waals surface area (Å²) in [5.41, 5.74) is 2.11. The highest BCUT2D eigenvalue weighted by molar-refractivity contribution is 6.32. The summed E-state index contributed by atoms with van der Waals surface area (Å²) in [6.45, 7) is 4.10. The molecule has 1 aliphatic heterocycles. The number of hydrogen-bond acceptors (Lipinski definition) is 3. The van der Waals surface area contributed by atoms with Gasteiger partial charge < -0.3 is 14.7 Å². The highest BCUT2D eigenvalue weighted by Crippen LogP contribution is 2.41. The Balaban J connectivity index is 2.46. The van der Waals surface area contributed by atoms with Crippen LogP contribution in [-0.4, -0.2) is 42.1 Å². The Labute approximate surface area is 122 Å². The third-order valence-electron chi connectivity index (χ3n) is 3.67. The van der Waals surface area contributed by atoms with Gasteiger partial charge >= 0.3 is 6.09 Å². The molecule has 20 heavy (non-hydrogen) atoms. The molecule has 0 aliphatic carbocycles. The van der Waals surface area contributed by atoms with Crippen LogP contribution in [0.3, 0.4) is 0 Å². The molecule has 0 spiro atoms. The van der Waals surface area contributed by atoms with Crippen LogP contribution in [0.2, 0.25) is 5.02 Å². The molecule has 1 aliphatic rings. The quantitative estimate of drug-likeness (QED) is 0.871. The van der Waals surface area contributed by atoms with Crippen LogP contribution in [0.25, 0.3) is 0 Å². The zero-order valence-electron chi connectivity index (χ0n) is 11.6. The topological polar surface area (TPSA) is 66.8 Å². The van der Waals surface area contributed by atoms with Gasteiger partial charge in [0.2, 0.25) is 0 Å². The number of nitrogens with zero attached hydrogens (tertiary/aromatic N) is 1. The van der Waals surface area contributed by atoms with Crippen molar-refractivity contribution in [1.82, 2.24) is 4.90 Å². The van der Waals surface area contributed by atoms with Crippen LogP contribution in [0.1, 0.15) is 34.3 Å². The lowest BCUT2D eigenvalue weighted by Crippen LogP contribution is -2.48. The van der Waals surface area contributed by atoms with E-state index in [1.54, 1.807) is 6.07 Å². The van der Waals surface area contributed by atoms with E-state index in [-0.39, 0.29) is 11.7 Å². The van der Waals surface area contributed by atoms with Gasteiger partial charge in [0.25, 0.3) is 0 Å². The molecule has 1 saturated heterocycles. The largest absolute Gasteiger partial charge is 0.496 e. The number of carbonyl (C=O) groups is 2. The minimum atomic E-state index is -0.938. The van der Waals surface area contributed by atoms with Crippen LogP contribution in [-0.2, 0) is 0 Å². The molecule has 6 heteroatoms. The van der Waals surface area contributed by atoms with Gasteiger partial charge in [-0.15, -0.1) is 0 Å². The van der Waals surface area contributed by atoms with Crippen molar-refractivity contribution in [3.05, 3.63) is 27.8 Å². The predicted molar refractivity (Wildman–Crippen MR) is 75.1 cm³/mol. The molecule has 1 fully saturated rings. The summed E-state index contributed by atoms with van der Waals surface area (Å²) in [7, 11) is 1.51. The van der Waals surface area contributed by atoms with E-state index in [1.807, 2.05) is 6.92 Å². The zero-order chi connectivity index (χ0) is 15.0. The second-order valence-electron chi connectivity index (χ2n) is 4.92. The Kier molecular flexibility index (Phi) is 3.90. The molecule has 0 saturated carbocycles. The van der Waals surface area contributed by atoms with Crippen molar-refractivity contribution < 1.29 is 19.4 Å². The van der Waals surface area contributed by atoms with Crippen molar-refractivity contribution in [3.8, 4) is 5.75 Å². The van der Waals surface area contributed by atoms with Gasteiger partial charge in [0.15, 0.2) is 5.78 Å². The molecule has 108 valence electrons. The number of carboxylic acid groups (broad SMARTS) is 1. The highest BCUT2D eigenvalue weighted by Gasteiger charge is 2.36. The minimum Gasteiger partial charge on any atom is -0.496 e. The lowest BCUT2D eigenvalue weighted by molar-refractivity contribution is 0.0999. The molecule has 0 radical (unpaired) electrons. The van der Waals surface area contributed by atoms with Gasteiger partial charge in [0.1, 0.15) is 5.75 Å². The number of amides is 1. The van der Waals surface area contributed by atoms with E-state index in [0.717, 1.165) is 11.1 Å². The summed E-state index contributed by atoms with van der Waals surface area (Å²) in [6.07, 6.45) is -0.938. The third kappa shape index (κ3) is 2.33. The lowest BCUT2D eigenvalue weighted by atomic mass is 9.86. The zero-order valence-corrected chi connectivity index (χ0v) is 12.3. The van der Waals surface area contributed by atoms with Crippen molar-refractivity contribution in [2.75, 3.05) is 20.2 Å². The van der Waals surface area contributed by atoms with Crippen molar-refractivity contribution in [3.63, 3.8) is 0 Å². The van der Waals surface area contributed by atoms with E-state index < -0.39 is 6.09 Å². The number of ketones is 1. The number of benzene rings is 1. The number of hydrogen-bond donors (Lipinski definition) is 1. The third-order valence-corrected chi connectivity index (χ3v) is 4.06. The van der Waals surface area contributed by atoms with Crippen LogP contribution in [0.5, 0.6) is 5.75 Å². The number of likely N-dealkylation sites (tertiary alicyclic amines) is 1. The molecule has 0 bridgehead atoms. The van der Waals surface area contributed by atoms with Crippen LogP contribution >= 0.6 is 11.6 Å². The minimum absolute atomic E-state index is 0.0119. The SMILES string of the molecule is COc1c(C(C)=O)cc(Cl)c(C)c1C1CN(C(=O)O)C1. The maximum absolute atomic E-state index is 11.7. The van der Waals surface area contributed by atoms with E-state index in [1.165, 1.54) is 18.9 Å². The summed E-state index contributed by atoms with van der Waals surface area (Å²) in [5, 5.41) is 9.41. The van der Waals surface area contributed by atoms with Gasteiger partial charge in [0, 0.05) is 29.6 Å². The maximum Gasteiger partial charge on any atom is 0.407 e. The van der Waals surface area contributed by atoms with E-state index >= 15 is 0 Å². The molecule has 0 aromatic heterocycles. The van der Waals surface area contributed by atoms with Crippen LogP contribution in [0, 0.1) is 6.92 Å². The summed E-state index contributed by atoms with van der Waals surface area (Å²) in [4.78, 5) is 23.9. The lowest BCUT2D eigenvalue weighted by Gasteiger charge is -2.39. The standard InChI is InChI=1S/C14H16ClNO4/c1-7-11(15)4-10(8(2)17)13(20-3)12(7)9-5-16(6-9)14(18)19/h4,9H,5-6H2,1-3H3,(H,18,19). The fourth-order valence-corrected chi connectivity index (χ4v) is 2.75. The second-order valence-corrected chi connectivity index (χ2v) is 5.33. The maximum atomic E-state index is 11.7. The number of carbonyl (C=O) groups excluding carboxylic acids is 1. The van der Waals surface area contributed by atoms with Gasteiger partial charge in [-0.25, -0.2) is 4.79 Å². The Bertz CT molecular complexity index is 579. The molecule has 1 N–H and O–H groups in total. The van der Waals surface area contributed by atoms with E-state index in [0.29, 0.717) is 29.4 Å². The van der Waals surface area contributed by atoms with Crippen LogP contribution in [0.4, 0.5) is 4.79 Å². The predicted octanol–water partition coefficient (Wildman–Crippen LogP) is 2.94. The number of ether oxygens (including phenoxy) is 1. The number of methoxy groups -OCH3 is 1. The van der Waals surface area contributed by atoms with Gasteiger partial charge in [-0.3, -0.25) is 4.79 Å². The molecule has 1 aromatic carbocycles. The van der Waals surface area contributed by atoms with Crippen LogP contribution < -0.4 is 4.74 Å². The van der Waals surface area contributed by atoms with Gasteiger partial charge in [-0.2, -0.15) is 0 Å². The Morgan fingerprint density at radius 3 is 2.50 bits per heavy atom. The smallest absolute Gasteiger partial charge is 0.407 e. The fourth-order valence-electron chi connectivity index (χ4n) is 2.53. The molecule has 0 unspecified atom stereocenters. The molecule has 1 amide bonds.